The molecule has 1 aromatic carbocycles. The molecule has 0 saturated carbocycles. The maximum Gasteiger partial charge on any atom is 0.160 e. The lowest BCUT2D eigenvalue weighted by molar-refractivity contribution is 0.291. The molecule has 0 fully saturated rings. The summed E-state index contributed by atoms with van der Waals surface area (Å²) < 4.78 is 5.57. The number of ether oxygens (including phenoxy) is 1. The number of hydrogen-bond acceptors (Lipinski definition) is 2. The van der Waals surface area contributed by atoms with Crippen LogP contribution in [0.15, 0.2) is 30.3 Å². The zero-order valence-corrected chi connectivity index (χ0v) is 11.5. The topological polar surface area (TPSA) is 9.23 Å². The highest BCUT2D eigenvalue weighted by atomic mass is 32.1. The van der Waals surface area contributed by atoms with Crippen molar-refractivity contribution in [2.24, 2.45) is 0 Å². The first-order chi connectivity index (χ1) is 8.33. The first kappa shape index (κ1) is 14.2. The molecule has 0 bridgehead atoms. The van der Waals surface area contributed by atoms with Crippen molar-refractivity contribution >= 4 is 17.3 Å². The van der Waals surface area contributed by atoms with Gasteiger partial charge in [0.25, 0.3) is 0 Å². The van der Waals surface area contributed by atoms with Crippen LogP contribution in [-0.2, 0) is 11.3 Å². The van der Waals surface area contributed by atoms with Gasteiger partial charge in [0, 0.05) is 6.42 Å². The van der Waals surface area contributed by atoms with Gasteiger partial charge in [0.15, 0.2) is 5.05 Å². The fraction of sp³-hybridized carbons (Fsp3) is 0.533. The van der Waals surface area contributed by atoms with E-state index < -0.39 is 0 Å². The molecule has 0 aliphatic carbocycles. The standard InChI is InChI=1S/C15H22OS/c1-2-3-4-5-9-12-15(17)16-13-14-10-7-6-8-11-14/h6-8,10-11H,2-5,9,12-13H2,1H3. The summed E-state index contributed by atoms with van der Waals surface area (Å²) in [5.74, 6) is 0. The molecule has 0 unspecified atom stereocenters. The predicted molar refractivity (Wildman–Crippen MR) is 77.2 cm³/mol. The average molecular weight is 250 g/mol. The van der Waals surface area contributed by atoms with Crippen molar-refractivity contribution in [2.45, 2.75) is 52.1 Å². The smallest absolute Gasteiger partial charge is 0.160 e. The Labute approximate surface area is 110 Å². The van der Waals surface area contributed by atoms with Gasteiger partial charge >= 0.3 is 0 Å². The van der Waals surface area contributed by atoms with Gasteiger partial charge in [-0.05, 0) is 24.2 Å². The highest BCUT2D eigenvalue weighted by molar-refractivity contribution is 7.80. The van der Waals surface area contributed by atoms with Crippen molar-refractivity contribution in [1.82, 2.24) is 0 Å². The number of unbranched alkanes of at least 4 members (excludes halogenated alkanes) is 4. The molecular formula is C15H22OS. The van der Waals surface area contributed by atoms with E-state index in [1.807, 2.05) is 18.2 Å². The molecule has 1 nitrogen and oxygen atoms in total. The minimum atomic E-state index is 0.606. The van der Waals surface area contributed by atoms with E-state index in [1.54, 1.807) is 0 Å². The Bertz CT molecular complexity index is 308. The van der Waals surface area contributed by atoms with Crippen molar-refractivity contribution in [3.8, 4) is 0 Å². The molecule has 0 saturated heterocycles. The summed E-state index contributed by atoms with van der Waals surface area (Å²) in [5, 5.41) is 0.755. The largest absolute Gasteiger partial charge is 0.482 e. The van der Waals surface area contributed by atoms with E-state index in [2.05, 4.69) is 19.1 Å². The Hall–Kier alpha value is -0.890. The van der Waals surface area contributed by atoms with Gasteiger partial charge in [-0.15, -0.1) is 0 Å². The summed E-state index contributed by atoms with van der Waals surface area (Å²) >= 11 is 5.21. The number of hydrogen-bond donors (Lipinski definition) is 0. The van der Waals surface area contributed by atoms with Gasteiger partial charge in [-0.25, -0.2) is 0 Å². The van der Waals surface area contributed by atoms with Crippen molar-refractivity contribution in [1.29, 1.82) is 0 Å². The van der Waals surface area contributed by atoms with Crippen LogP contribution in [0.1, 0.15) is 51.0 Å². The number of thiocarbonyl (C=S) groups is 1. The van der Waals surface area contributed by atoms with Crippen LogP contribution >= 0.6 is 12.2 Å². The van der Waals surface area contributed by atoms with E-state index in [4.69, 9.17) is 17.0 Å². The maximum atomic E-state index is 5.57. The minimum absolute atomic E-state index is 0.606. The Balaban J connectivity index is 2.05. The predicted octanol–water partition coefficient (Wildman–Crippen LogP) is 4.89. The van der Waals surface area contributed by atoms with Crippen LogP contribution in [0.3, 0.4) is 0 Å². The van der Waals surface area contributed by atoms with Gasteiger partial charge in [-0.3, -0.25) is 0 Å². The van der Waals surface area contributed by atoms with Crippen LogP contribution in [0.2, 0.25) is 0 Å². The molecule has 0 aliphatic rings. The summed E-state index contributed by atoms with van der Waals surface area (Å²) in [7, 11) is 0. The molecule has 0 aliphatic heterocycles. The van der Waals surface area contributed by atoms with Crippen LogP contribution in [-0.4, -0.2) is 5.05 Å². The van der Waals surface area contributed by atoms with Crippen molar-refractivity contribution in [3.63, 3.8) is 0 Å². The highest BCUT2D eigenvalue weighted by Crippen LogP contribution is 2.08. The third-order valence-electron chi connectivity index (χ3n) is 2.73. The molecule has 2 heteroatoms. The molecule has 0 amide bonds. The Kier molecular flexibility index (Phi) is 7.65. The monoisotopic (exact) mass is 250 g/mol. The van der Waals surface area contributed by atoms with E-state index in [1.165, 1.54) is 31.2 Å². The van der Waals surface area contributed by atoms with Gasteiger partial charge in [0.1, 0.15) is 6.61 Å². The fourth-order valence-corrected chi connectivity index (χ4v) is 1.89. The van der Waals surface area contributed by atoms with E-state index in [0.29, 0.717) is 6.61 Å². The van der Waals surface area contributed by atoms with Crippen LogP contribution < -0.4 is 0 Å². The van der Waals surface area contributed by atoms with Crippen LogP contribution in [0, 0.1) is 0 Å². The summed E-state index contributed by atoms with van der Waals surface area (Å²) in [6.45, 7) is 2.84. The lowest BCUT2D eigenvalue weighted by Crippen LogP contribution is -2.01. The van der Waals surface area contributed by atoms with Gasteiger partial charge in [-0.1, -0.05) is 62.9 Å². The normalized spacial score (nSPS) is 10.2. The van der Waals surface area contributed by atoms with Crippen LogP contribution in [0.5, 0.6) is 0 Å². The maximum absolute atomic E-state index is 5.57. The molecule has 94 valence electrons. The van der Waals surface area contributed by atoms with E-state index in [0.717, 1.165) is 17.9 Å². The summed E-state index contributed by atoms with van der Waals surface area (Å²) in [6.07, 6.45) is 7.28. The van der Waals surface area contributed by atoms with Crippen molar-refractivity contribution in [2.75, 3.05) is 0 Å². The van der Waals surface area contributed by atoms with E-state index >= 15 is 0 Å². The second-order valence-corrected chi connectivity index (χ2v) is 4.77. The minimum Gasteiger partial charge on any atom is -0.482 e. The molecule has 17 heavy (non-hydrogen) atoms. The van der Waals surface area contributed by atoms with Crippen molar-refractivity contribution < 1.29 is 4.74 Å². The average Bonchev–Trinajstić information content (AvgIpc) is 2.37. The molecule has 0 atom stereocenters. The molecule has 0 spiro atoms. The molecule has 0 aromatic heterocycles. The Morgan fingerprint density at radius 2 is 1.76 bits per heavy atom. The summed E-state index contributed by atoms with van der Waals surface area (Å²) in [5.41, 5.74) is 1.18. The number of benzene rings is 1. The second kappa shape index (κ2) is 9.17. The Morgan fingerprint density at radius 3 is 2.47 bits per heavy atom. The third kappa shape index (κ3) is 7.11. The fourth-order valence-electron chi connectivity index (χ4n) is 1.68. The lowest BCUT2D eigenvalue weighted by Gasteiger charge is -2.07. The summed E-state index contributed by atoms with van der Waals surface area (Å²) in [6, 6.07) is 10.2. The van der Waals surface area contributed by atoms with Crippen molar-refractivity contribution in [3.05, 3.63) is 35.9 Å². The molecule has 0 N–H and O–H groups in total. The van der Waals surface area contributed by atoms with Gasteiger partial charge < -0.3 is 4.74 Å². The molecule has 1 aromatic rings. The molecule has 0 radical (unpaired) electrons. The molecular weight excluding hydrogens is 228 g/mol. The van der Waals surface area contributed by atoms with E-state index in [-0.39, 0.29) is 0 Å². The Morgan fingerprint density at radius 1 is 1.06 bits per heavy atom. The van der Waals surface area contributed by atoms with Gasteiger partial charge in [0.05, 0.1) is 0 Å². The first-order valence-electron chi connectivity index (χ1n) is 6.52. The van der Waals surface area contributed by atoms with Gasteiger partial charge in [-0.2, -0.15) is 0 Å². The van der Waals surface area contributed by atoms with Gasteiger partial charge in [0.2, 0.25) is 0 Å². The van der Waals surface area contributed by atoms with E-state index in [9.17, 15) is 0 Å². The first-order valence-corrected chi connectivity index (χ1v) is 6.93. The molecule has 1 rings (SSSR count). The highest BCUT2D eigenvalue weighted by Gasteiger charge is 1.99. The third-order valence-corrected chi connectivity index (χ3v) is 3.05. The second-order valence-electron chi connectivity index (χ2n) is 4.31. The lowest BCUT2D eigenvalue weighted by atomic mass is 10.1. The summed E-state index contributed by atoms with van der Waals surface area (Å²) in [4.78, 5) is 0. The molecule has 0 heterocycles. The zero-order chi connectivity index (χ0) is 12.3. The number of rotatable bonds is 8. The van der Waals surface area contributed by atoms with Crippen LogP contribution in [0.4, 0.5) is 0 Å². The van der Waals surface area contributed by atoms with Crippen LogP contribution in [0.25, 0.3) is 0 Å². The SMILES string of the molecule is CCCCCCCC(=S)OCc1ccccc1. The zero-order valence-electron chi connectivity index (χ0n) is 10.7. The quantitative estimate of drug-likeness (QED) is 0.480.